The van der Waals surface area contributed by atoms with Gasteiger partial charge >= 0.3 is 0 Å². The summed E-state index contributed by atoms with van der Waals surface area (Å²) in [5, 5.41) is 0. The molecule has 2 nitrogen and oxygen atoms in total. The van der Waals surface area contributed by atoms with Crippen molar-refractivity contribution in [2.24, 2.45) is 0 Å². The van der Waals surface area contributed by atoms with Crippen LogP contribution in [0.5, 0.6) is 0 Å². The molecular formula is C13H21NO. The molecule has 0 saturated carbocycles. The van der Waals surface area contributed by atoms with Crippen LogP contribution in [0, 0.1) is 0 Å². The van der Waals surface area contributed by atoms with Crippen LogP contribution >= 0.6 is 0 Å². The van der Waals surface area contributed by atoms with Gasteiger partial charge in [-0.2, -0.15) is 0 Å². The lowest BCUT2D eigenvalue weighted by Gasteiger charge is -2.28. The van der Waals surface area contributed by atoms with Crippen LogP contribution in [-0.2, 0) is 4.74 Å². The zero-order valence-corrected chi connectivity index (χ0v) is 10.2. The van der Waals surface area contributed by atoms with Gasteiger partial charge < -0.3 is 9.64 Å². The smallest absolute Gasteiger partial charge is 0.139 e. The Labute approximate surface area is 92.9 Å². The first-order valence-corrected chi connectivity index (χ1v) is 5.69. The van der Waals surface area contributed by atoms with Crippen LogP contribution < -0.4 is 0 Å². The molecule has 1 heterocycles. The first kappa shape index (κ1) is 11.9. The largest absolute Gasteiger partial charge is 0.490 e. The van der Waals surface area contributed by atoms with E-state index in [1.165, 1.54) is 11.3 Å². The maximum absolute atomic E-state index is 5.62. The third kappa shape index (κ3) is 2.88. The highest BCUT2D eigenvalue weighted by molar-refractivity contribution is 5.33. The van der Waals surface area contributed by atoms with Crippen LogP contribution in [0.2, 0.25) is 0 Å². The van der Waals surface area contributed by atoms with Crippen molar-refractivity contribution in [1.82, 2.24) is 4.90 Å². The van der Waals surface area contributed by atoms with Crippen LogP contribution in [0.1, 0.15) is 27.2 Å². The molecule has 0 atom stereocenters. The summed E-state index contributed by atoms with van der Waals surface area (Å²) in [7, 11) is 2.13. The molecule has 0 amide bonds. The van der Waals surface area contributed by atoms with Gasteiger partial charge in [-0.05, 0) is 18.6 Å². The first-order chi connectivity index (χ1) is 7.27. The molecule has 2 heteroatoms. The van der Waals surface area contributed by atoms with E-state index in [4.69, 9.17) is 4.74 Å². The predicted molar refractivity (Wildman–Crippen MR) is 64.5 cm³/mol. The number of likely N-dealkylation sites (N-methyl/N-ethyl adjacent to an activating group) is 1. The Bertz CT molecular complexity index is 300. The lowest BCUT2D eigenvalue weighted by atomic mass is 10.2. The molecule has 0 unspecified atom stereocenters. The maximum atomic E-state index is 5.62. The normalized spacial score (nSPS) is 19.5. The topological polar surface area (TPSA) is 12.5 Å². The fourth-order valence-corrected chi connectivity index (χ4v) is 1.69. The second-order valence-electron chi connectivity index (χ2n) is 3.58. The fourth-order valence-electron chi connectivity index (χ4n) is 1.69. The van der Waals surface area contributed by atoms with Gasteiger partial charge in [0, 0.05) is 13.5 Å². The van der Waals surface area contributed by atoms with Gasteiger partial charge in [0.2, 0.25) is 0 Å². The highest BCUT2D eigenvalue weighted by Gasteiger charge is 2.16. The molecule has 0 aromatic rings. The first-order valence-electron chi connectivity index (χ1n) is 5.69. The summed E-state index contributed by atoms with van der Waals surface area (Å²) in [5.74, 6) is 1.05. The fraction of sp³-hybridized carbons (Fsp3) is 0.538. The zero-order chi connectivity index (χ0) is 11.3. The highest BCUT2D eigenvalue weighted by Crippen LogP contribution is 2.24. The summed E-state index contributed by atoms with van der Waals surface area (Å²) < 4.78 is 5.62. The standard InChI is InChI=1S/C11H15NO.C2H6/c1-9-4-3-5-10-11(8-9)13-7-6-12(10)2;1-2/h3-4,8H,5-7H2,1-2H3;1-2H3. The maximum Gasteiger partial charge on any atom is 0.139 e. The van der Waals surface area contributed by atoms with E-state index in [1.54, 1.807) is 0 Å². The van der Waals surface area contributed by atoms with Crippen molar-refractivity contribution in [1.29, 1.82) is 0 Å². The van der Waals surface area contributed by atoms with Crippen LogP contribution in [-0.4, -0.2) is 25.1 Å². The SMILES string of the molecule is CC.CC1=CC2=C(CC=C1)N(C)CCO2. The van der Waals surface area contributed by atoms with E-state index in [0.29, 0.717) is 0 Å². The third-order valence-electron chi connectivity index (χ3n) is 2.48. The molecule has 15 heavy (non-hydrogen) atoms. The zero-order valence-electron chi connectivity index (χ0n) is 10.2. The average molecular weight is 207 g/mol. The molecule has 0 spiro atoms. The second kappa shape index (κ2) is 5.64. The van der Waals surface area contributed by atoms with E-state index in [9.17, 15) is 0 Å². The summed E-state index contributed by atoms with van der Waals surface area (Å²) in [6.45, 7) is 7.91. The second-order valence-corrected chi connectivity index (χ2v) is 3.58. The third-order valence-corrected chi connectivity index (χ3v) is 2.48. The monoisotopic (exact) mass is 207 g/mol. The minimum atomic E-state index is 0.805. The molecular weight excluding hydrogens is 186 g/mol. The summed E-state index contributed by atoms with van der Waals surface area (Å²) in [4.78, 5) is 2.28. The average Bonchev–Trinajstić information content (AvgIpc) is 2.43. The molecule has 0 N–H and O–H groups in total. The van der Waals surface area contributed by atoms with E-state index < -0.39 is 0 Å². The van der Waals surface area contributed by atoms with Gasteiger partial charge in [-0.25, -0.2) is 0 Å². The Hall–Kier alpha value is -1.18. The van der Waals surface area contributed by atoms with Gasteiger partial charge in [0.1, 0.15) is 12.4 Å². The van der Waals surface area contributed by atoms with Gasteiger partial charge in [-0.15, -0.1) is 0 Å². The van der Waals surface area contributed by atoms with Crippen molar-refractivity contribution in [2.45, 2.75) is 27.2 Å². The van der Waals surface area contributed by atoms with E-state index >= 15 is 0 Å². The molecule has 0 bridgehead atoms. The Morgan fingerprint density at radius 3 is 2.80 bits per heavy atom. The van der Waals surface area contributed by atoms with Gasteiger partial charge in [0.05, 0.1) is 12.2 Å². The molecule has 0 saturated heterocycles. The minimum Gasteiger partial charge on any atom is -0.490 e. The summed E-state index contributed by atoms with van der Waals surface area (Å²) in [6, 6.07) is 0. The lowest BCUT2D eigenvalue weighted by Crippen LogP contribution is -2.28. The molecule has 2 rings (SSSR count). The van der Waals surface area contributed by atoms with Crippen LogP contribution in [0.4, 0.5) is 0 Å². The van der Waals surface area contributed by atoms with Crippen LogP contribution in [0.3, 0.4) is 0 Å². The molecule has 1 aliphatic heterocycles. The Kier molecular flexibility index (Phi) is 4.47. The molecule has 0 aromatic carbocycles. The summed E-state index contributed by atoms with van der Waals surface area (Å²) in [6.07, 6.45) is 7.45. The van der Waals surface area contributed by atoms with Crippen molar-refractivity contribution < 1.29 is 4.74 Å². The van der Waals surface area contributed by atoms with E-state index in [-0.39, 0.29) is 0 Å². The number of allylic oxidation sites excluding steroid dienone is 4. The predicted octanol–water partition coefficient (Wildman–Crippen LogP) is 3.09. The van der Waals surface area contributed by atoms with Gasteiger partial charge in [-0.3, -0.25) is 0 Å². The minimum absolute atomic E-state index is 0.805. The van der Waals surface area contributed by atoms with Gasteiger partial charge in [0.15, 0.2) is 0 Å². The van der Waals surface area contributed by atoms with Crippen molar-refractivity contribution >= 4 is 0 Å². The van der Waals surface area contributed by atoms with Crippen molar-refractivity contribution in [2.75, 3.05) is 20.2 Å². The molecule has 0 aromatic heterocycles. The molecule has 0 fully saturated rings. The van der Waals surface area contributed by atoms with Crippen molar-refractivity contribution in [3.63, 3.8) is 0 Å². The Morgan fingerprint density at radius 2 is 2.07 bits per heavy atom. The number of hydrogen-bond acceptors (Lipinski definition) is 2. The van der Waals surface area contributed by atoms with Crippen LogP contribution in [0.25, 0.3) is 0 Å². The van der Waals surface area contributed by atoms with Gasteiger partial charge in [0.25, 0.3) is 0 Å². The molecule has 1 aliphatic carbocycles. The number of hydrogen-bond donors (Lipinski definition) is 0. The lowest BCUT2D eigenvalue weighted by molar-refractivity contribution is 0.150. The molecule has 84 valence electrons. The summed E-state index contributed by atoms with van der Waals surface area (Å²) in [5.41, 5.74) is 2.57. The number of nitrogens with zero attached hydrogens (tertiary/aromatic N) is 1. The quantitative estimate of drug-likeness (QED) is 0.605. The number of ether oxygens (including phenoxy) is 1. The highest BCUT2D eigenvalue weighted by atomic mass is 16.5. The number of rotatable bonds is 0. The van der Waals surface area contributed by atoms with Crippen molar-refractivity contribution in [3.8, 4) is 0 Å². The van der Waals surface area contributed by atoms with Crippen LogP contribution in [0.15, 0.2) is 35.3 Å². The van der Waals surface area contributed by atoms with Gasteiger partial charge in [-0.1, -0.05) is 26.0 Å². The van der Waals surface area contributed by atoms with E-state index in [1.807, 2.05) is 13.8 Å². The molecule has 0 radical (unpaired) electrons. The van der Waals surface area contributed by atoms with E-state index in [0.717, 1.165) is 25.3 Å². The molecule has 2 aliphatic rings. The summed E-state index contributed by atoms with van der Waals surface area (Å²) >= 11 is 0. The van der Waals surface area contributed by atoms with Crippen molar-refractivity contribution in [3.05, 3.63) is 35.3 Å². The van der Waals surface area contributed by atoms with E-state index in [2.05, 4.69) is 37.1 Å². The Balaban J connectivity index is 0.000000531. The Morgan fingerprint density at radius 1 is 1.33 bits per heavy atom.